The molecule has 0 aromatic carbocycles. The van der Waals surface area contributed by atoms with Gasteiger partial charge in [0, 0.05) is 12.8 Å². The number of esters is 1. The number of unbranched alkanes of at least 4 members (excludes halogenated alkanes) is 10. The molecule has 38 heavy (non-hydrogen) atoms. The lowest BCUT2D eigenvalue weighted by molar-refractivity contribution is -0.149. The van der Waals surface area contributed by atoms with Crippen molar-refractivity contribution >= 4 is 11.9 Å². The molecule has 0 saturated heterocycles. The molecule has 218 valence electrons. The van der Waals surface area contributed by atoms with Crippen LogP contribution in [0.15, 0.2) is 48.6 Å². The fraction of sp³-hybridized carbons (Fsp3) is 0.706. The summed E-state index contributed by atoms with van der Waals surface area (Å²) in [6, 6.07) is 0. The Labute approximate surface area is 234 Å². The topological polar surface area (TPSA) is 63.6 Å². The molecule has 0 rings (SSSR count). The van der Waals surface area contributed by atoms with E-state index in [0.29, 0.717) is 6.42 Å². The third-order valence-corrected chi connectivity index (χ3v) is 6.58. The number of hydrogen-bond acceptors (Lipinski definition) is 3. The van der Waals surface area contributed by atoms with Crippen LogP contribution in [0.5, 0.6) is 0 Å². The van der Waals surface area contributed by atoms with Gasteiger partial charge in [0.2, 0.25) is 0 Å². The number of allylic oxidation sites excluding steroid dienone is 8. The summed E-state index contributed by atoms with van der Waals surface area (Å²) in [5, 5.41) is 8.75. The predicted octanol–water partition coefficient (Wildman–Crippen LogP) is 10.4. The molecule has 0 bridgehead atoms. The van der Waals surface area contributed by atoms with Crippen molar-refractivity contribution in [2.24, 2.45) is 0 Å². The van der Waals surface area contributed by atoms with Gasteiger partial charge in [0.25, 0.3) is 0 Å². The largest absolute Gasteiger partial charge is 0.481 e. The SMILES string of the molecule is CC/C=C\C/C=C\C/C=C\C/C=C\CCC(=O)OC(CCCCCCCCC)CCCCCCCC(=O)O. The van der Waals surface area contributed by atoms with Crippen molar-refractivity contribution in [2.75, 3.05) is 0 Å². The molecule has 0 saturated carbocycles. The molecule has 0 spiro atoms. The highest BCUT2D eigenvalue weighted by Crippen LogP contribution is 2.18. The molecular formula is C34H58O4. The maximum absolute atomic E-state index is 12.5. The van der Waals surface area contributed by atoms with E-state index in [4.69, 9.17) is 9.84 Å². The van der Waals surface area contributed by atoms with Gasteiger partial charge in [-0.2, -0.15) is 0 Å². The van der Waals surface area contributed by atoms with Gasteiger partial charge in [-0.3, -0.25) is 9.59 Å². The Morgan fingerprint density at radius 2 is 1.08 bits per heavy atom. The summed E-state index contributed by atoms with van der Waals surface area (Å²) in [5.74, 6) is -0.793. The highest BCUT2D eigenvalue weighted by atomic mass is 16.5. The van der Waals surface area contributed by atoms with Crippen LogP contribution in [0.1, 0.15) is 149 Å². The molecule has 0 amide bonds. The van der Waals surface area contributed by atoms with Crippen molar-refractivity contribution < 1.29 is 19.4 Å². The maximum Gasteiger partial charge on any atom is 0.306 e. The predicted molar refractivity (Wildman–Crippen MR) is 162 cm³/mol. The van der Waals surface area contributed by atoms with E-state index in [0.717, 1.165) is 83.5 Å². The molecule has 4 nitrogen and oxygen atoms in total. The van der Waals surface area contributed by atoms with Crippen LogP contribution in [0, 0.1) is 0 Å². The lowest BCUT2D eigenvalue weighted by atomic mass is 10.0. The number of hydrogen-bond donors (Lipinski definition) is 1. The van der Waals surface area contributed by atoms with Crippen LogP contribution in [0.25, 0.3) is 0 Å². The van der Waals surface area contributed by atoms with Crippen molar-refractivity contribution in [1.29, 1.82) is 0 Å². The van der Waals surface area contributed by atoms with E-state index < -0.39 is 5.97 Å². The summed E-state index contributed by atoms with van der Waals surface area (Å²) in [5.41, 5.74) is 0. The Morgan fingerprint density at radius 1 is 0.605 bits per heavy atom. The van der Waals surface area contributed by atoms with Gasteiger partial charge in [0.15, 0.2) is 0 Å². The van der Waals surface area contributed by atoms with Gasteiger partial charge in [-0.25, -0.2) is 0 Å². The van der Waals surface area contributed by atoms with Crippen LogP contribution >= 0.6 is 0 Å². The zero-order valence-corrected chi connectivity index (χ0v) is 24.7. The van der Waals surface area contributed by atoms with E-state index in [1.807, 2.05) is 0 Å². The first-order valence-corrected chi connectivity index (χ1v) is 15.6. The van der Waals surface area contributed by atoms with Crippen molar-refractivity contribution in [3.8, 4) is 0 Å². The highest BCUT2D eigenvalue weighted by molar-refractivity contribution is 5.69. The van der Waals surface area contributed by atoms with E-state index in [-0.39, 0.29) is 18.5 Å². The minimum atomic E-state index is -0.711. The highest BCUT2D eigenvalue weighted by Gasteiger charge is 2.14. The summed E-state index contributed by atoms with van der Waals surface area (Å²) >= 11 is 0. The molecule has 0 heterocycles. The van der Waals surface area contributed by atoms with Crippen LogP contribution in [0.3, 0.4) is 0 Å². The number of carbonyl (C=O) groups is 2. The third kappa shape index (κ3) is 28.5. The molecule has 0 aliphatic heterocycles. The Balaban J connectivity index is 4.18. The molecule has 0 radical (unpaired) electrons. The summed E-state index contributed by atoms with van der Waals surface area (Å²) in [6.07, 6.45) is 38.3. The molecule has 0 fully saturated rings. The van der Waals surface area contributed by atoms with Crippen molar-refractivity contribution in [3.63, 3.8) is 0 Å². The van der Waals surface area contributed by atoms with E-state index in [1.165, 1.54) is 38.5 Å². The van der Waals surface area contributed by atoms with E-state index in [1.54, 1.807) is 0 Å². The van der Waals surface area contributed by atoms with Crippen LogP contribution in [0.2, 0.25) is 0 Å². The van der Waals surface area contributed by atoms with Gasteiger partial charge in [-0.15, -0.1) is 0 Å². The molecule has 0 aliphatic carbocycles. The first kappa shape index (κ1) is 35.9. The average Bonchev–Trinajstić information content (AvgIpc) is 2.89. The molecule has 0 aromatic heterocycles. The monoisotopic (exact) mass is 530 g/mol. The number of aliphatic carboxylic acids is 1. The molecule has 4 heteroatoms. The van der Waals surface area contributed by atoms with Gasteiger partial charge < -0.3 is 9.84 Å². The van der Waals surface area contributed by atoms with Crippen LogP contribution < -0.4 is 0 Å². The maximum atomic E-state index is 12.5. The zero-order chi connectivity index (χ0) is 27.9. The number of rotatable bonds is 27. The van der Waals surface area contributed by atoms with E-state index in [9.17, 15) is 9.59 Å². The van der Waals surface area contributed by atoms with E-state index >= 15 is 0 Å². The summed E-state index contributed by atoms with van der Waals surface area (Å²) in [7, 11) is 0. The lowest BCUT2D eigenvalue weighted by Gasteiger charge is -2.18. The van der Waals surface area contributed by atoms with Gasteiger partial charge in [-0.05, 0) is 64.2 Å². The summed E-state index contributed by atoms with van der Waals surface area (Å²) < 4.78 is 5.88. The minimum absolute atomic E-state index is 0.0228. The lowest BCUT2D eigenvalue weighted by Crippen LogP contribution is -2.18. The van der Waals surface area contributed by atoms with Crippen LogP contribution in [-0.4, -0.2) is 23.1 Å². The first-order valence-electron chi connectivity index (χ1n) is 15.6. The average molecular weight is 531 g/mol. The number of carboxylic acid groups (broad SMARTS) is 1. The Hall–Kier alpha value is -2.10. The normalized spacial score (nSPS) is 12.9. The standard InChI is InChI=1S/C34H58O4/c1-3-5-7-9-11-12-13-14-15-16-18-23-27-31-34(37)38-32(28-24-20-17-10-8-6-4-2)29-25-21-19-22-26-30-33(35)36/h5,7,11-12,14-15,18,23,32H,3-4,6,8-10,13,16-17,19-22,24-31H2,1-2H3,(H,35,36)/b7-5-,12-11-,15-14-,23-18-. The van der Waals surface area contributed by atoms with Gasteiger partial charge in [-0.1, -0.05) is 120 Å². The van der Waals surface area contributed by atoms with Gasteiger partial charge in [0.1, 0.15) is 6.10 Å². The van der Waals surface area contributed by atoms with Gasteiger partial charge in [0.05, 0.1) is 0 Å². The van der Waals surface area contributed by atoms with Gasteiger partial charge >= 0.3 is 11.9 Å². The molecule has 0 aliphatic rings. The number of carbonyl (C=O) groups excluding carboxylic acids is 1. The molecule has 1 N–H and O–H groups in total. The Morgan fingerprint density at radius 3 is 1.61 bits per heavy atom. The number of carboxylic acids is 1. The smallest absolute Gasteiger partial charge is 0.306 e. The molecule has 1 atom stereocenters. The fourth-order valence-electron chi connectivity index (χ4n) is 4.31. The summed E-state index contributed by atoms with van der Waals surface area (Å²) in [6.45, 7) is 4.39. The zero-order valence-electron chi connectivity index (χ0n) is 24.7. The molecule has 1 unspecified atom stereocenters. The second kappa shape index (κ2) is 29.5. The van der Waals surface area contributed by atoms with Crippen molar-refractivity contribution in [3.05, 3.63) is 48.6 Å². The quantitative estimate of drug-likeness (QED) is 0.0651. The Bertz CT molecular complexity index is 659. The van der Waals surface area contributed by atoms with Crippen LogP contribution in [0.4, 0.5) is 0 Å². The van der Waals surface area contributed by atoms with E-state index in [2.05, 4.69) is 62.5 Å². The molecule has 0 aromatic rings. The van der Waals surface area contributed by atoms with Crippen molar-refractivity contribution in [1.82, 2.24) is 0 Å². The second-order valence-electron chi connectivity index (χ2n) is 10.3. The van der Waals surface area contributed by atoms with Crippen LogP contribution in [-0.2, 0) is 14.3 Å². The second-order valence-corrected chi connectivity index (χ2v) is 10.3. The van der Waals surface area contributed by atoms with Crippen molar-refractivity contribution in [2.45, 2.75) is 155 Å². The third-order valence-electron chi connectivity index (χ3n) is 6.58. The minimum Gasteiger partial charge on any atom is -0.481 e. The Kier molecular flexibility index (Phi) is 27.8. The number of ether oxygens (including phenoxy) is 1. The summed E-state index contributed by atoms with van der Waals surface area (Å²) in [4.78, 5) is 23.1. The first-order chi connectivity index (χ1) is 18.6. The fourth-order valence-corrected chi connectivity index (χ4v) is 4.31. The molecular weight excluding hydrogens is 472 g/mol.